The minimum absolute atomic E-state index is 0.717. The number of H-pyrrole nitrogens is 1. The second kappa shape index (κ2) is 7.97. The fraction of sp³-hybridized carbons (Fsp3) is 0.0870. The number of pyridine rings is 1. The van der Waals surface area contributed by atoms with Crippen molar-refractivity contribution in [3.8, 4) is 17.1 Å². The van der Waals surface area contributed by atoms with Crippen molar-refractivity contribution in [2.24, 2.45) is 0 Å². The first kappa shape index (κ1) is 18.9. The summed E-state index contributed by atoms with van der Waals surface area (Å²) in [7, 11) is 0. The average molecular weight is 432 g/mol. The van der Waals surface area contributed by atoms with Crippen molar-refractivity contribution < 1.29 is 0 Å². The highest BCUT2D eigenvalue weighted by atomic mass is 35.5. The minimum atomic E-state index is 0.717. The van der Waals surface area contributed by atoms with E-state index in [4.69, 9.17) is 11.6 Å². The van der Waals surface area contributed by atoms with Gasteiger partial charge in [-0.3, -0.25) is 9.55 Å². The van der Waals surface area contributed by atoms with Crippen molar-refractivity contribution in [2.45, 2.75) is 17.8 Å². The molecule has 7 heteroatoms. The molecular formula is C23H18ClN5S. The number of hydrogen-bond acceptors (Lipinski definition) is 4. The average Bonchev–Trinajstić information content (AvgIpc) is 3.39. The first-order valence-corrected chi connectivity index (χ1v) is 10.9. The van der Waals surface area contributed by atoms with E-state index in [0.717, 1.165) is 44.1 Å². The Bertz CT molecular complexity index is 1330. The van der Waals surface area contributed by atoms with Crippen LogP contribution in [-0.4, -0.2) is 24.7 Å². The summed E-state index contributed by atoms with van der Waals surface area (Å²) in [4.78, 5) is 7.46. The summed E-state index contributed by atoms with van der Waals surface area (Å²) in [6.07, 6.45) is 5.59. The fourth-order valence-corrected chi connectivity index (χ4v) is 4.61. The Balaban J connectivity index is 1.58. The first-order valence-electron chi connectivity index (χ1n) is 9.51. The van der Waals surface area contributed by atoms with Crippen molar-refractivity contribution >= 4 is 34.3 Å². The summed E-state index contributed by atoms with van der Waals surface area (Å²) >= 11 is 8.09. The van der Waals surface area contributed by atoms with Crippen LogP contribution in [0.4, 0.5) is 0 Å². The van der Waals surface area contributed by atoms with Gasteiger partial charge in [-0.2, -0.15) is 0 Å². The van der Waals surface area contributed by atoms with Crippen LogP contribution in [0.1, 0.15) is 11.1 Å². The number of nitrogens with one attached hydrogen (secondary N) is 1. The van der Waals surface area contributed by atoms with Gasteiger partial charge in [0.1, 0.15) is 0 Å². The van der Waals surface area contributed by atoms with E-state index in [2.05, 4.69) is 49.1 Å². The van der Waals surface area contributed by atoms with Gasteiger partial charge >= 0.3 is 0 Å². The molecule has 0 aliphatic rings. The zero-order valence-electron chi connectivity index (χ0n) is 16.2. The molecule has 0 aliphatic carbocycles. The molecule has 5 rings (SSSR count). The van der Waals surface area contributed by atoms with Crippen LogP contribution in [0.5, 0.6) is 0 Å². The van der Waals surface area contributed by atoms with Crippen molar-refractivity contribution in [3.63, 3.8) is 0 Å². The van der Waals surface area contributed by atoms with Gasteiger partial charge in [0.25, 0.3) is 0 Å². The molecule has 0 saturated carbocycles. The number of nitrogens with zero attached hydrogens (tertiary/aromatic N) is 4. The molecule has 5 aromatic rings. The molecule has 0 saturated heterocycles. The third-order valence-corrected chi connectivity index (χ3v) is 6.47. The summed E-state index contributed by atoms with van der Waals surface area (Å²) in [5.74, 6) is 1.54. The van der Waals surface area contributed by atoms with E-state index in [-0.39, 0.29) is 0 Å². The molecule has 0 aliphatic heterocycles. The Morgan fingerprint density at radius 1 is 1.00 bits per heavy atom. The quantitative estimate of drug-likeness (QED) is 0.343. The molecule has 0 unspecified atom stereocenters. The highest BCUT2D eigenvalue weighted by Crippen LogP contribution is 2.33. The Labute approximate surface area is 183 Å². The predicted octanol–water partition coefficient (Wildman–Crippen LogP) is 6.06. The van der Waals surface area contributed by atoms with Crippen molar-refractivity contribution in [2.75, 3.05) is 0 Å². The lowest BCUT2D eigenvalue weighted by Gasteiger charge is -2.13. The molecule has 0 bridgehead atoms. The molecule has 30 heavy (non-hydrogen) atoms. The molecular weight excluding hydrogens is 414 g/mol. The normalized spacial score (nSPS) is 11.3. The summed E-state index contributed by atoms with van der Waals surface area (Å²) < 4.78 is 2.08. The molecule has 0 fully saturated rings. The molecule has 3 heterocycles. The lowest BCUT2D eigenvalue weighted by Crippen LogP contribution is -2.02. The summed E-state index contributed by atoms with van der Waals surface area (Å²) in [6.45, 7) is 2.02. The van der Waals surface area contributed by atoms with Crippen LogP contribution >= 0.6 is 23.4 Å². The molecule has 148 valence electrons. The van der Waals surface area contributed by atoms with Gasteiger partial charge < -0.3 is 4.98 Å². The number of hydrogen-bond donors (Lipinski definition) is 1. The Morgan fingerprint density at radius 3 is 2.70 bits per heavy atom. The number of aromatic nitrogens is 5. The predicted molar refractivity (Wildman–Crippen MR) is 122 cm³/mol. The Hall–Kier alpha value is -3.09. The second-order valence-corrected chi connectivity index (χ2v) is 8.26. The van der Waals surface area contributed by atoms with E-state index >= 15 is 0 Å². The number of rotatable bonds is 5. The lowest BCUT2D eigenvalue weighted by molar-refractivity contribution is 0.880. The number of benzene rings is 2. The standard InChI is InChI=1S/C23H18ClN5S/c1-15-19(24)6-4-8-21(15)29-22(16-9-11-25-12-10-16)27-28-23(29)30-14-17-13-26-20-7-3-2-5-18(17)20/h2-13,26H,14H2,1H3. The van der Waals surface area contributed by atoms with Crippen molar-refractivity contribution in [1.29, 1.82) is 0 Å². The van der Waals surface area contributed by atoms with Gasteiger partial charge in [-0.1, -0.05) is 47.6 Å². The zero-order valence-corrected chi connectivity index (χ0v) is 17.8. The first-order chi connectivity index (χ1) is 14.7. The third-order valence-electron chi connectivity index (χ3n) is 5.08. The zero-order chi connectivity index (χ0) is 20.5. The maximum absolute atomic E-state index is 6.43. The molecule has 0 radical (unpaired) electrons. The van der Waals surface area contributed by atoms with Crippen LogP contribution in [0.3, 0.4) is 0 Å². The van der Waals surface area contributed by atoms with E-state index in [9.17, 15) is 0 Å². The van der Waals surface area contributed by atoms with E-state index in [1.54, 1.807) is 24.2 Å². The smallest absolute Gasteiger partial charge is 0.196 e. The number of aromatic amines is 1. The summed E-state index contributed by atoms with van der Waals surface area (Å²) in [5.41, 5.74) is 5.29. The van der Waals surface area contributed by atoms with Gasteiger partial charge in [0, 0.05) is 45.8 Å². The van der Waals surface area contributed by atoms with Gasteiger partial charge in [-0.05, 0) is 48.4 Å². The Morgan fingerprint density at radius 2 is 1.83 bits per heavy atom. The minimum Gasteiger partial charge on any atom is -0.361 e. The molecule has 5 nitrogen and oxygen atoms in total. The van der Waals surface area contributed by atoms with Gasteiger partial charge in [-0.15, -0.1) is 10.2 Å². The van der Waals surface area contributed by atoms with Crippen LogP contribution in [0.2, 0.25) is 5.02 Å². The third kappa shape index (κ3) is 3.38. The maximum atomic E-state index is 6.43. The van der Waals surface area contributed by atoms with Crippen LogP contribution in [0, 0.1) is 6.92 Å². The monoisotopic (exact) mass is 431 g/mol. The molecule has 0 atom stereocenters. The highest BCUT2D eigenvalue weighted by Gasteiger charge is 2.19. The van der Waals surface area contributed by atoms with Gasteiger partial charge in [0.05, 0.1) is 5.69 Å². The number of para-hydroxylation sites is 1. The van der Waals surface area contributed by atoms with Gasteiger partial charge in [-0.25, -0.2) is 0 Å². The van der Waals surface area contributed by atoms with Crippen LogP contribution in [0.25, 0.3) is 28.0 Å². The molecule has 3 aromatic heterocycles. The number of fused-ring (bicyclic) bond motifs is 1. The highest BCUT2D eigenvalue weighted by molar-refractivity contribution is 7.98. The van der Waals surface area contributed by atoms with Crippen molar-refractivity contribution in [1.82, 2.24) is 24.7 Å². The van der Waals surface area contributed by atoms with E-state index in [0.29, 0.717) is 0 Å². The Kier molecular flexibility index (Phi) is 5.02. The summed E-state index contributed by atoms with van der Waals surface area (Å²) in [5, 5.41) is 11.8. The fourth-order valence-electron chi connectivity index (χ4n) is 3.50. The molecule has 0 spiro atoms. The second-order valence-electron chi connectivity index (χ2n) is 6.91. The van der Waals surface area contributed by atoms with E-state index < -0.39 is 0 Å². The lowest BCUT2D eigenvalue weighted by atomic mass is 10.2. The van der Waals surface area contributed by atoms with Crippen LogP contribution in [0.15, 0.2) is 78.3 Å². The number of thioether (sulfide) groups is 1. The molecule has 2 aromatic carbocycles. The largest absolute Gasteiger partial charge is 0.361 e. The van der Waals surface area contributed by atoms with E-state index in [1.165, 1.54) is 10.9 Å². The van der Waals surface area contributed by atoms with Gasteiger partial charge in [0.2, 0.25) is 0 Å². The van der Waals surface area contributed by atoms with Gasteiger partial charge in [0.15, 0.2) is 11.0 Å². The maximum Gasteiger partial charge on any atom is 0.196 e. The molecule has 1 N–H and O–H groups in total. The SMILES string of the molecule is Cc1c(Cl)cccc1-n1c(SCc2c[nH]c3ccccc23)nnc1-c1ccncc1. The number of halogens is 1. The topological polar surface area (TPSA) is 59.4 Å². The molecule has 0 amide bonds. The van der Waals surface area contributed by atoms with Crippen LogP contribution < -0.4 is 0 Å². The van der Waals surface area contributed by atoms with Crippen LogP contribution in [-0.2, 0) is 5.75 Å². The van der Waals surface area contributed by atoms with Crippen molar-refractivity contribution in [3.05, 3.63) is 89.3 Å². The summed E-state index contributed by atoms with van der Waals surface area (Å²) in [6, 6.07) is 18.1. The van der Waals surface area contributed by atoms with E-state index in [1.807, 2.05) is 43.3 Å².